The summed E-state index contributed by atoms with van der Waals surface area (Å²) in [5.41, 5.74) is 0.407. The summed E-state index contributed by atoms with van der Waals surface area (Å²) < 4.78 is 44.4. The van der Waals surface area contributed by atoms with Gasteiger partial charge in [-0.05, 0) is 49.4 Å². The molecule has 2 aromatic carbocycles. The molecule has 0 spiro atoms. The molecule has 8 heteroatoms. The van der Waals surface area contributed by atoms with Crippen LogP contribution in [0.25, 0.3) is 11.4 Å². The summed E-state index contributed by atoms with van der Waals surface area (Å²) >= 11 is 0. The fourth-order valence-electron chi connectivity index (χ4n) is 4.08. The molecule has 164 valence electrons. The minimum Gasteiger partial charge on any atom is -0.396 e. The highest BCUT2D eigenvalue weighted by atomic mass is 19.4. The summed E-state index contributed by atoms with van der Waals surface area (Å²) in [6, 6.07) is 15.0. The molecule has 1 aromatic heterocycles. The first-order valence-electron chi connectivity index (χ1n) is 10.2. The highest BCUT2D eigenvalue weighted by molar-refractivity contribution is 5.53. The lowest BCUT2D eigenvalue weighted by atomic mass is 9.74. The standard InChI is InChI=1S/C23H24F3N3O2/c24-23(25,26)19-8-4-5-17(13-19)14-22(16-30)9-11-29(12-10-22)15-20-27-21(28-31-20)18-6-2-1-3-7-18/h1-8,13,30H,9-12,14-16H2. The quantitative estimate of drug-likeness (QED) is 0.619. The Morgan fingerprint density at radius 2 is 1.77 bits per heavy atom. The van der Waals surface area contributed by atoms with Gasteiger partial charge in [0.2, 0.25) is 11.7 Å². The topological polar surface area (TPSA) is 62.4 Å². The van der Waals surface area contributed by atoms with Gasteiger partial charge in [-0.3, -0.25) is 4.90 Å². The molecular formula is C23H24F3N3O2. The van der Waals surface area contributed by atoms with E-state index in [1.54, 1.807) is 6.07 Å². The number of aliphatic hydroxyl groups excluding tert-OH is 1. The number of nitrogens with zero attached hydrogens (tertiary/aromatic N) is 3. The Morgan fingerprint density at radius 1 is 1.03 bits per heavy atom. The normalized spacial score (nSPS) is 17.0. The van der Waals surface area contributed by atoms with Crippen molar-refractivity contribution in [2.45, 2.75) is 32.0 Å². The molecule has 0 amide bonds. The number of alkyl halides is 3. The van der Waals surface area contributed by atoms with Crippen LogP contribution in [0.3, 0.4) is 0 Å². The van der Waals surface area contributed by atoms with Crippen molar-refractivity contribution in [1.82, 2.24) is 15.0 Å². The Morgan fingerprint density at radius 3 is 2.45 bits per heavy atom. The largest absolute Gasteiger partial charge is 0.416 e. The van der Waals surface area contributed by atoms with Gasteiger partial charge in [-0.25, -0.2) is 0 Å². The van der Waals surface area contributed by atoms with E-state index in [4.69, 9.17) is 4.52 Å². The van der Waals surface area contributed by atoms with Crippen LogP contribution in [0.4, 0.5) is 13.2 Å². The van der Waals surface area contributed by atoms with E-state index < -0.39 is 17.2 Å². The van der Waals surface area contributed by atoms with Crippen molar-refractivity contribution in [2.24, 2.45) is 5.41 Å². The first-order chi connectivity index (χ1) is 14.9. The van der Waals surface area contributed by atoms with Crippen LogP contribution < -0.4 is 0 Å². The number of rotatable bonds is 6. The second-order valence-electron chi connectivity index (χ2n) is 8.19. The number of benzene rings is 2. The third-order valence-corrected chi connectivity index (χ3v) is 5.94. The Hall–Kier alpha value is -2.71. The lowest BCUT2D eigenvalue weighted by Gasteiger charge is -2.40. The molecule has 31 heavy (non-hydrogen) atoms. The van der Waals surface area contributed by atoms with Crippen molar-refractivity contribution in [3.63, 3.8) is 0 Å². The van der Waals surface area contributed by atoms with E-state index in [1.807, 2.05) is 30.3 Å². The minimum atomic E-state index is -4.37. The van der Waals surface area contributed by atoms with Gasteiger partial charge in [0.05, 0.1) is 12.1 Å². The zero-order chi connectivity index (χ0) is 21.9. The first kappa shape index (κ1) is 21.5. The van der Waals surface area contributed by atoms with Crippen LogP contribution in [-0.2, 0) is 19.1 Å². The predicted octanol–water partition coefficient (Wildman–Crippen LogP) is 4.57. The van der Waals surface area contributed by atoms with Crippen LogP contribution in [-0.4, -0.2) is 39.8 Å². The summed E-state index contributed by atoms with van der Waals surface area (Å²) in [5.74, 6) is 1.06. The predicted molar refractivity (Wildman–Crippen MR) is 109 cm³/mol. The summed E-state index contributed by atoms with van der Waals surface area (Å²) in [6.07, 6.45) is -2.59. The molecule has 1 aliphatic rings. The van der Waals surface area contributed by atoms with Crippen LogP contribution in [0.5, 0.6) is 0 Å². The number of piperidine rings is 1. The Kier molecular flexibility index (Phi) is 6.11. The maximum atomic E-state index is 13.0. The maximum absolute atomic E-state index is 13.0. The van der Waals surface area contributed by atoms with E-state index in [0.29, 0.717) is 56.2 Å². The molecule has 0 aliphatic carbocycles. The molecule has 0 saturated carbocycles. The van der Waals surface area contributed by atoms with Gasteiger partial charge in [0.1, 0.15) is 0 Å². The molecule has 0 bridgehead atoms. The summed E-state index contributed by atoms with van der Waals surface area (Å²) in [5, 5.41) is 14.1. The van der Waals surface area contributed by atoms with Gasteiger partial charge < -0.3 is 9.63 Å². The van der Waals surface area contributed by atoms with Crippen molar-refractivity contribution in [1.29, 1.82) is 0 Å². The smallest absolute Gasteiger partial charge is 0.396 e. The van der Waals surface area contributed by atoms with Gasteiger partial charge in [0, 0.05) is 12.2 Å². The number of aliphatic hydroxyl groups is 1. The fraction of sp³-hybridized carbons (Fsp3) is 0.391. The van der Waals surface area contributed by atoms with Crippen LogP contribution >= 0.6 is 0 Å². The van der Waals surface area contributed by atoms with E-state index >= 15 is 0 Å². The van der Waals surface area contributed by atoms with Gasteiger partial charge in [0.15, 0.2) is 0 Å². The van der Waals surface area contributed by atoms with Crippen molar-refractivity contribution < 1.29 is 22.8 Å². The van der Waals surface area contributed by atoms with Gasteiger partial charge in [0.25, 0.3) is 0 Å². The molecular weight excluding hydrogens is 407 g/mol. The molecule has 0 radical (unpaired) electrons. The van der Waals surface area contributed by atoms with Crippen LogP contribution in [0.15, 0.2) is 59.1 Å². The highest BCUT2D eigenvalue weighted by Crippen LogP contribution is 2.37. The molecule has 3 aromatic rings. The third-order valence-electron chi connectivity index (χ3n) is 5.94. The fourth-order valence-corrected chi connectivity index (χ4v) is 4.08. The highest BCUT2D eigenvalue weighted by Gasteiger charge is 2.36. The zero-order valence-electron chi connectivity index (χ0n) is 17.0. The van der Waals surface area contributed by atoms with E-state index in [-0.39, 0.29) is 6.61 Å². The Bertz CT molecular complexity index is 997. The van der Waals surface area contributed by atoms with Crippen LogP contribution in [0, 0.1) is 5.41 Å². The molecule has 0 unspecified atom stereocenters. The van der Waals surface area contributed by atoms with Crippen LogP contribution in [0.2, 0.25) is 0 Å². The van der Waals surface area contributed by atoms with Gasteiger partial charge in [-0.2, -0.15) is 18.2 Å². The molecule has 1 saturated heterocycles. The minimum absolute atomic E-state index is 0.0597. The lowest BCUT2D eigenvalue weighted by molar-refractivity contribution is -0.137. The van der Waals surface area contributed by atoms with Crippen molar-refractivity contribution in [3.05, 3.63) is 71.6 Å². The average molecular weight is 431 g/mol. The van der Waals surface area contributed by atoms with Crippen LogP contribution in [0.1, 0.15) is 29.9 Å². The molecule has 2 heterocycles. The summed E-state index contributed by atoms with van der Waals surface area (Å²) in [6.45, 7) is 1.84. The first-order valence-corrected chi connectivity index (χ1v) is 10.2. The van der Waals surface area contributed by atoms with E-state index in [0.717, 1.165) is 11.6 Å². The molecule has 1 N–H and O–H groups in total. The van der Waals surface area contributed by atoms with E-state index in [1.165, 1.54) is 12.1 Å². The van der Waals surface area contributed by atoms with E-state index in [2.05, 4.69) is 15.0 Å². The van der Waals surface area contributed by atoms with Gasteiger partial charge in [-0.15, -0.1) is 0 Å². The molecule has 5 nitrogen and oxygen atoms in total. The monoisotopic (exact) mass is 431 g/mol. The zero-order valence-corrected chi connectivity index (χ0v) is 17.0. The second kappa shape index (κ2) is 8.80. The summed E-state index contributed by atoms with van der Waals surface area (Å²) in [7, 11) is 0. The molecule has 4 rings (SSSR count). The molecule has 1 fully saturated rings. The number of aromatic nitrogens is 2. The summed E-state index contributed by atoms with van der Waals surface area (Å²) in [4.78, 5) is 6.63. The number of hydrogen-bond acceptors (Lipinski definition) is 5. The Labute approximate surface area is 178 Å². The molecule has 0 atom stereocenters. The number of likely N-dealkylation sites (tertiary alicyclic amines) is 1. The van der Waals surface area contributed by atoms with Crippen molar-refractivity contribution in [2.75, 3.05) is 19.7 Å². The number of hydrogen-bond donors (Lipinski definition) is 1. The van der Waals surface area contributed by atoms with E-state index in [9.17, 15) is 18.3 Å². The molecule has 1 aliphatic heterocycles. The van der Waals surface area contributed by atoms with Gasteiger partial charge >= 0.3 is 6.18 Å². The second-order valence-corrected chi connectivity index (χ2v) is 8.19. The maximum Gasteiger partial charge on any atom is 0.416 e. The number of halogens is 3. The third kappa shape index (κ3) is 5.14. The average Bonchev–Trinajstić information content (AvgIpc) is 3.24. The van der Waals surface area contributed by atoms with Gasteiger partial charge in [-0.1, -0.05) is 53.7 Å². The van der Waals surface area contributed by atoms with Crippen molar-refractivity contribution in [3.8, 4) is 11.4 Å². The SMILES string of the molecule is OCC1(Cc2cccc(C(F)(F)F)c2)CCN(Cc2nc(-c3ccccc3)no2)CC1. The lowest BCUT2D eigenvalue weighted by Crippen LogP contribution is -2.43. The van der Waals surface area contributed by atoms with Crippen molar-refractivity contribution >= 4 is 0 Å². The Balaban J connectivity index is 1.37.